The van der Waals surface area contributed by atoms with Gasteiger partial charge in [0.15, 0.2) is 0 Å². The van der Waals surface area contributed by atoms with Gasteiger partial charge < -0.3 is 15.2 Å². The Kier molecular flexibility index (Phi) is 3.59. The molecule has 12 heavy (non-hydrogen) atoms. The first-order valence-corrected chi connectivity index (χ1v) is 4.00. The summed E-state index contributed by atoms with van der Waals surface area (Å²) in [5.74, 6) is 0. The molecule has 1 fully saturated rings. The maximum atomic E-state index is 10.7. The van der Waals surface area contributed by atoms with Crippen molar-refractivity contribution in [2.45, 2.75) is 12.8 Å². The molecule has 6 nitrogen and oxygen atoms in total. The minimum Gasteiger partial charge on any atom is -0.455 e. The van der Waals surface area contributed by atoms with Gasteiger partial charge in [0.2, 0.25) is 0 Å². The Hall–Kier alpha value is -1.04. The van der Waals surface area contributed by atoms with Gasteiger partial charge in [0.25, 0.3) is 0 Å². The van der Waals surface area contributed by atoms with E-state index >= 15 is 0 Å². The summed E-state index contributed by atoms with van der Waals surface area (Å²) in [6, 6.07) is 0. The van der Waals surface area contributed by atoms with Crippen LogP contribution in [0, 0.1) is 5.21 Å². The predicted octanol–water partition coefficient (Wildman–Crippen LogP) is -0.116. The molecule has 0 aliphatic carbocycles. The summed E-state index contributed by atoms with van der Waals surface area (Å²) >= 11 is 0. The average molecular weight is 175 g/mol. The van der Waals surface area contributed by atoms with Crippen LogP contribution in [0.4, 0.5) is 0 Å². The van der Waals surface area contributed by atoms with Crippen LogP contribution in [-0.2, 0) is 4.84 Å². The third kappa shape index (κ3) is 2.91. The molecule has 1 N–H and O–H groups in total. The highest BCUT2D eigenvalue weighted by atomic mass is 16.9. The summed E-state index contributed by atoms with van der Waals surface area (Å²) in [7, 11) is 0. The second-order valence-electron chi connectivity index (χ2n) is 2.54. The molecule has 0 spiro atoms. The van der Waals surface area contributed by atoms with Crippen molar-refractivity contribution in [2.24, 2.45) is 5.22 Å². The minimum absolute atomic E-state index is 0.0131. The number of rotatable bonds is 4. The lowest BCUT2D eigenvalue weighted by molar-refractivity contribution is -0.798. The van der Waals surface area contributed by atoms with E-state index in [4.69, 9.17) is 5.11 Å². The number of aliphatic hydroxyl groups excluding tert-OH is 1. The number of aliphatic hydroxyl groups is 1. The fourth-order valence-corrected chi connectivity index (χ4v) is 1.04. The van der Waals surface area contributed by atoms with E-state index in [9.17, 15) is 5.21 Å². The van der Waals surface area contributed by atoms with Crippen molar-refractivity contribution in [2.75, 3.05) is 26.3 Å². The Labute approximate surface area is 70.6 Å². The molecule has 1 aliphatic heterocycles. The Morgan fingerprint density at radius 2 is 2.17 bits per heavy atom. The molecule has 0 bridgehead atoms. The number of hydrogen-bond acceptors (Lipinski definition) is 4. The molecular weight excluding hydrogens is 162 g/mol. The van der Waals surface area contributed by atoms with Gasteiger partial charge in [-0.25, -0.2) is 0 Å². The molecule has 0 unspecified atom stereocenters. The van der Waals surface area contributed by atoms with E-state index in [1.807, 2.05) is 0 Å². The fraction of sp³-hybridized carbons (Fsp3) is 1.00. The van der Waals surface area contributed by atoms with Gasteiger partial charge in [-0.3, -0.25) is 0 Å². The van der Waals surface area contributed by atoms with Crippen molar-refractivity contribution in [3.8, 4) is 0 Å². The van der Waals surface area contributed by atoms with Gasteiger partial charge in [0, 0.05) is 0 Å². The standard InChI is InChI=1S/C6H13N3O3/c10-5-6-12-9(11)7-8-3-1-2-4-8/h10H,1-6H2/b9-7-. The largest absolute Gasteiger partial charge is 0.455 e. The van der Waals surface area contributed by atoms with Gasteiger partial charge in [0.05, 0.1) is 18.2 Å². The average Bonchev–Trinajstić information content (AvgIpc) is 2.53. The Morgan fingerprint density at radius 1 is 1.50 bits per heavy atom. The van der Waals surface area contributed by atoms with Gasteiger partial charge >= 0.3 is 0 Å². The van der Waals surface area contributed by atoms with E-state index in [1.165, 1.54) is 0 Å². The minimum atomic E-state index is -0.172. The lowest BCUT2D eigenvalue weighted by Crippen LogP contribution is -2.17. The maximum Gasteiger partial charge on any atom is 0.130 e. The Bertz CT molecular complexity index is 156. The molecule has 1 heterocycles. The van der Waals surface area contributed by atoms with Gasteiger partial charge in [-0.2, -0.15) is 5.01 Å². The zero-order valence-corrected chi connectivity index (χ0v) is 6.85. The zero-order valence-electron chi connectivity index (χ0n) is 6.85. The van der Waals surface area contributed by atoms with Crippen LogP contribution in [0.5, 0.6) is 0 Å². The quantitative estimate of drug-likeness (QED) is 0.477. The molecule has 1 saturated heterocycles. The van der Waals surface area contributed by atoms with Crippen LogP contribution in [0.15, 0.2) is 5.22 Å². The molecule has 6 heteroatoms. The van der Waals surface area contributed by atoms with Crippen LogP contribution in [0.3, 0.4) is 0 Å². The first kappa shape index (κ1) is 9.05. The summed E-state index contributed by atoms with van der Waals surface area (Å²) in [4.78, 5) is 4.47. The molecule has 0 aromatic heterocycles. The predicted molar refractivity (Wildman–Crippen MR) is 39.9 cm³/mol. The highest BCUT2D eigenvalue weighted by Crippen LogP contribution is 2.07. The van der Waals surface area contributed by atoms with Crippen LogP contribution in [0.2, 0.25) is 0 Å². The van der Waals surface area contributed by atoms with Crippen LogP contribution < -0.4 is 0 Å². The van der Waals surface area contributed by atoms with Crippen molar-refractivity contribution < 1.29 is 15.0 Å². The van der Waals surface area contributed by atoms with E-state index < -0.39 is 0 Å². The molecule has 1 aliphatic rings. The fourth-order valence-electron chi connectivity index (χ4n) is 1.04. The normalized spacial score (nSPS) is 18.4. The highest BCUT2D eigenvalue weighted by Gasteiger charge is 2.16. The van der Waals surface area contributed by atoms with Crippen LogP contribution in [0.1, 0.15) is 12.8 Å². The molecular formula is C6H13N3O3. The van der Waals surface area contributed by atoms with Crippen molar-refractivity contribution in [1.82, 2.24) is 5.01 Å². The zero-order chi connectivity index (χ0) is 8.81. The van der Waals surface area contributed by atoms with Gasteiger partial charge in [-0.1, -0.05) is 0 Å². The van der Waals surface area contributed by atoms with Gasteiger partial charge in [-0.15, -0.1) is 0 Å². The third-order valence-corrected chi connectivity index (χ3v) is 1.57. The maximum absolute atomic E-state index is 10.7. The van der Waals surface area contributed by atoms with E-state index in [0.29, 0.717) is 0 Å². The second kappa shape index (κ2) is 4.76. The SMILES string of the molecule is [O-]/[N+](=N/N1CCCC1)OCCO. The Morgan fingerprint density at radius 3 is 2.75 bits per heavy atom. The summed E-state index contributed by atoms with van der Waals surface area (Å²) < 4.78 is 0. The van der Waals surface area contributed by atoms with Gasteiger partial charge in [0.1, 0.15) is 18.3 Å². The monoisotopic (exact) mass is 175 g/mol. The summed E-state index contributed by atoms with van der Waals surface area (Å²) in [5, 5.41) is 24.5. The molecule has 0 aromatic rings. The lowest BCUT2D eigenvalue weighted by Gasteiger charge is -2.07. The molecule has 70 valence electrons. The summed E-state index contributed by atoms with van der Waals surface area (Å²) in [6.07, 6.45) is 2.13. The molecule has 0 atom stereocenters. The molecule has 0 amide bonds. The highest BCUT2D eigenvalue weighted by molar-refractivity contribution is 4.58. The van der Waals surface area contributed by atoms with E-state index in [2.05, 4.69) is 10.1 Å². The molecule has 0 saturated carbocycles. The third-order valence-electron chi connectivity index (χ3n) is 1.57. The smallest absolute Gasteiger partial charge is 0.130 e. The van der Waals surface area contributed by atoms with E-state index in [-0.39, 0.29) is 18.2 Å². The van der Waals surface area contributed by atoms with Gasteiger partial charge in [-0.05, 0) is 12.8 Å². The summed E-state index contributed by atoms with van der Waals surface area (Å²) in [5.41, 5.74) is 0. The number of hydrogen-bond donors (Lipinski definition) is 1. The molecule has 1 rings (SSSR count). The van der Waals surface area contributed by atoms with Crippen molar-refractivity contribution >= 4 is 0 Å². The first-order chi connectivity index (χ1) is 5.83. The topological polar surface area (TPSA) is 71.1 Å². The van der Waals surface area contributed by atoms with E-state index in [0.717, 1.165) is 25.9 Å². The lowest BCUT2D eigenvalue weighted by atomic mass is 10.4. The molecule has 0 aromatic carbocycles. The Balaban J connectivity index is 2.23. The molecule has 0 radical (unpaired) electrons. The van der Waals surface area contributed by atoms with Crippen molar-refractivity contribution in [1.29, 1.82) is 0 Å². The summed E-state index contributed by atoms with van der Waals surface area (Å²) in [6.45, 7) is 1.43. The van der Waals surface area contributed by atoms with E-state index in [1.54, 1.807) is 5.01 Å². The van der Waals surface area contributed by atoms with Crippen LogP contribution in [-0.4, -0.2) is 41.4 Å². The second-order valence-corrected chi connectivity index (χ2v) is 2.54. The van der Waals surface area contributed by atoms with Crippen molar-refractivity contribution in [3.63, 3.8) is 0 Å². The van der Waals surface area contributed by atoms with Crippen molar-refractivity contribution in [3.05, 3.63) is 5.21 Å². The first-order valence-electron chi connectivity index (χ1n) is 4.00. The van der Waals surface area contributed by atoms with Crippen LogP contribution >= 0.6 is 0 Å². The van der Waals surface area contributed by atoms with Crippen LogP contribution in [0.25, 0.3) is 0 Å². The number of nitrogens with zero attached hydrogens (tertiary/aromatic N) is 3.